The minimum atomic E-state index is -0.714. The molecule has 1 aliphatic rings. The molecule has 1 N–H and O–H groups in total. The first kappa shape index (κ1) is 17.6. The molecule has 2 heterocycles. The van der Waals surface area contributed by atoms with Crippen molar-refractivity contribution in [2.24, 2.45) is 0 Å². The number of carbonyl (C=O) groups is 1. The number of β-amino-alcohol motifs (C(OH)–C–C–N with tert-alkyl or cyclic N) is 1. The van der Waals surface area contributed by atoms with Crippen LogP contribution in [0.3, 0.4) is 0 Å². The lowest BCUT2D eigenvalue weighted by molar-refractivity contribution is -0.131. The van der Waals surface area contributed by atoms with Crippen molar-refractivity contribution in [1.82, 2.24) is 14.7 Å². The molecule has 1 fully saturated rings. The maximum Gasteiger partial charge on any atom is 0.275 e. The summed E-state index contributed by atoms with van der Waals surface area (Å²) < 4.78 is 6.82. The number of aryl methyl sites for hydroxylation is 1. The summed E-state index contributed by atoms with van der Waals surface area (Å²) in [5.74, 6) is -0.252. The Labute approximate surface area is 145 Å². The molecule has 0 spiro atoms. The molecule has 1 saturated heterocycles. The molecule has 0 radical (unpaired) electrons. The van der Waals surface area contributed by atoms with Gasteiger partial charge in [-0.25, -0.2) is 4.68 Å². The molecule has 2 aromatic rings. The van der Waals surface area contributed by atoms with Crippen LogP contribution in [0.5, 0.6) is 0 Å². The van der Waals surface area contributed by atoms with Crippen molar-refractivity contribution in [1.29, 1.82) is 0 Å². The molecule has 0 saturated carbocycles. The molecular formula is C18H23N3O4. The lowest BCUT2D eigenvalue weighted by Gasteiger charge is -2.18. The van der Waals surface area contributed by atoms with Crippen LogP contribution in [0.4, 0.5) is 0 Å². The molecule has 3 rings (SSSR count). The molecule has 0 aliphatic carbocycles. The van der Waals surface area contributed by atoms with Gasteiger partial charge in [-0.2, -0.15) is 5.10 Å². The van der Waals surface area contributed by atoms with E-state index >= 15 is 0 Å². The lowest BCUT2D eigenvalue weighted by Crippen LogP contribution is -2.37. The zero-order chi connectivity index (χ0) is 18.1. The number of rotatable bonds is 4. The van der Waals surface area contributed by atoms with Crippen LogP contribution in [-0.4, -0.2) is 57.1 Å². The van der Waals surface area contributed by atoms with Crippen LogP contribution in [0, 0.1) is 6.92 Å². The number of aromatic nitrogens is 2. The molecule has 134 valence electrons. The van der Waals surface area contributed by atoms with E-state index in [9.17, 15) is 14.7 Å². The van der Waals surface area contributed by atoms with Crippen molar-refractivity contribution >= 4 is 16.7 Å². The molecule has 1 amide bonds. The van der Waals surface area contributed by atoms with Gasteiger partial charge in [-0.3, -0.25) is 9.59 Å². The largest absolute Gasteiger partial charge is 0.388 e. The van der Waals surface area contributed by atoms with Crippen molar-refractivity contribution in [3.8, 4) is 0 Å². The number of hydrogen-bond acceptors (Lipinski definition) is 5. The summed E-state index contributed by atoms with van der Waals surface area (Å²) in [6.45, 7) is 5.97. The van der Waals surface area contributed by atoms with E-state index < -0.39 is 12.2 Å². The quantitative estimate of drug-likeness (QED) is 0.882. The lowest BCUT2D eigenvalue weighted by atomic mass is 10.1. The van der Waals surface area contributed by atoms with Crippen molar-refractivity contribution in [3.63, 3.8) is 0 Å². The number of hydrogen-bond donors (Lipinski definition) is 1. The first-order valence-electron chi connectivity index (χ1n) is 8.44. The van der Waals surface area contributed by atoms with Crippen molar-refractivity contribution < 1.29 is 14.6 Å². The summed E-state index contributed by atoms with van der Waals surface area (Å²) in [6.07, 6.45) is -1.14. The van der Waals surface area contributed by atoms with Gasteiger partial charge in [0.1, 0.15) is 12.6 Å². The fourth-order valence-corrected chi connectivity index (χ4v) is 3.18. The van der Waals surface area contributed by atoms with Gasteiger partial charge in [0.25, 0.3) is 5.56 Å². The minimum absolute atomic E-state index is 0.0258. The van der Waals surface area contributed by atoms with Crippen LogP contribution in [0.2, 0.25) is 0 Å². The Morgan fingerprint density at radius 3 is 2.68 bits per heavy atom. The number of aliphatic hydroxyl groups excluding tert-OH is 1. The Morgan fingerprint density at radius 1 is 1.32 bits per heavy atom. The summed E-state index contributed by atoms with van der Waals surface area (Å²) in [5, 5.41) is 15.7. The van der Waals surface area contributed by atoms with E-state index in [2.05, 4.69) is 5.10 Å². The van der Waals surface area contributed by atoms with Gasteiger partial charge in [0, 0.05) is 18.5 Å². The number of benzene rings is 1. The highest BCUT2D eigenvalue weighted by atomic mass is 16.5. The van der Waals surface area contributed by atoms with Gasteiger partial charge in [0.2, 0.25) is 5.91 Å². The summed E-state index contributed by atoms with van der Waals surface area (Å²) in [6, 6.07) is 7.22. The van der Waals surface area contributed by atoms with Gasteiger partial charge >= 0.3 is 0 Å². The zero-order valence-corrected chi connectivity index (χ0v) is 14.7. The number of carbonyl (C=O) groups excluding carboxylic acids is 1. The normalized spacial score (nSPS) is 20.6. The number of aliphatic hydroxyl groups is 1. The third-order valence-corrected chi connectivity index (χ3v) is 4.37. The second-order valence-electron chi connectivity index (χ2n) is 6.68. The van der Waals surface area contributed by atoms with Crippen molar-refractivity contribution in [2.75, 3.05) is 13.1 Å². The SMILES string of the molecule is Cc1nn(CC(=O)N2C[C@@H](O)[C@H](OC(C)C)C2)c(=O)c2ccccc12. The van der Waals surface area contributed by atoms with E-state index in [1.165, 1.54) is 9.58 Å². The van der Waals surface area contributed by atoms with Gasteiger partial charge < -0.3 is 14.7 Å². The molecule has 7 nitrogen and oxygen atoms in total. The van der Waals surface area contributed by atoms with E-state index in [4.69, 9.17) is 4.74 Å². The summed E-state index contributed by atoms with van der Waals surface area (Å²) in [7, 11) is 0. The fraction of sp³-hybridized carbons (Fsp3) is 0.500. The van der Waals surface area contributed by atoms with Crippen LogP contribution in [0.15, 0.2) is 29.1 Å². The molecule has 25 heavy (non-hydrogen) atoms. The Kier molecular flexibility index (Phi) is 4.87. The van der Waals surface area contributed by atoms with Crippen LogP contribution < -0.4 is 5.56 Å². The van der Waals surface area contributed by atoms with Crippen molar-refractivity contribution in [3.05, 3.63) is 40.3 Å². The smallest absolute Gasteiger partial charge is 0.275 e. The number of likely N-dealkylation sites (tertiary alicyclic amines) is 1. The topological polar surface area (TPSA) is 84.7 Å². The highest BCUT2D eigenvalue weighted by molar-refractivity contribution is 5.83. The first-order valence-corrected chi connectivity index (χ1v) is 8.44. The molecule has 7 heteroatoms. The number of fused-ring (bicyclic) bond motifs is 1. The highest BCUT2D eigenvalue weighted by Crippen LogP contribution is 2.16. The Hall–Kier alpha value is -2.25. The van der Waals surface area contributed by atoms with E-state index in [0.29, 0.717) is 17.6 Å². The predicted molar refractivity (Wildman–Crippen MR) is 93.3 cm³/mol. The fourth-order valence-electron chi connectivity index (χ4n) is 3.18. The number of ether oxygens (including phenoxy) is 1. The van der Waals surface area contributed by atoms with Gasteiger partial charge in [0.05, 0.1) is 23.3 Å². The molecule has 0 bridgehead atoms. The van der Waals surface area contributed by atoms with Gasteiger partial charge in [-0.15, -0.1) is 0 Å². The first-order chi connectivity index (χ1) is 11.9. The average molecular weight is 345 g/mol. The van der Waals surface area contributed by atoms with Crippen LogP contribution in [0.25, 0.3) is 10.8 Å². The molecule has 2 atom stereocenters. The summed E-state index contributed by atoms with van der Waals surface area (Å²) in [5.41, 5.74) is 0.412. The van der Waals surface area contributed by atoms with Crippen LogP contribution >= 0.6 is 0 Å². The zero-order valence-electron chi connectivity index (χ0n) is 14.7. The third-order valence-electron chi connectivity index (χ3n) is 4.37. The predicted octanol–water partition coefficient (Wildman–Crippen LogP) is 0.702. The second kappa shape index (κ2) is 6.93. The van der Waals surface area contributed by atoms with Crippen LogP contribution in [-0.2, 0) is 16.1 Å². The second-order valence-corrected chi connectivity index (χ2v) is 6.68. The maximum absolute atomic E-state index is 12.6. The summed E-state index contributed by atoms with van der Waals surface area (Å²) in [4.78, 5) is 26.6. The molecular weight excluding hydrogens is 322 g/mol. The third kappa shape index (κ3) is 3.57. The maximum atomic E-state index is 12.6. The Morgan fingerprint density at radius 2 is 2.00 bits per heavy atom. The van der Waals surface area contributed by atoms with E-state index in [1.807, 2.05) is 32.9 Å². The average Bonchev–Trinajstić information content (AvgIpc) is 2.92. The molecule has 0 unspecified atom stereocenters. The molecule has 1 aromatic carbocycles. The van der Waals surface area contributed by atoms with Gasteiger partial charge in [-0.1, -0.05) is 18.2 Å². The van der Waals surface area contributed by atoms with Gasteiger partial charge in [0.15, 0.2) is 0 Å². The minimum Gasteiger partial charge on any atom is -0.388 e. The van der Waals surface area contributed by atoms with Crippen LogP contribution in [0.1, 0.15) is 19.5 Å². The van der Waals surface area contributed by atoms with Crippen molar-refractivity contribution in [2.45, 2.75) is 45.6 Å². The number of amides is 1. The Bertz CT molecular complexity index is 846. The molecule has 1 aromatic heterocycles. The standard InChI is InChI=1S/C18H23N3O4/c1-11(2)25-16-9-20(8-15(16)22)17(23)10-21-18(24)14-7-5-4-6-13(14)12(3)19-21/h4-7,11,15-16,22H,8-10H2,1-3H3/t15-,16-/m1/s1. The highest BCUT2D eigenvalue weighted by Gasteiger charge is 2.35. The molecule has 1 aliphatic heterocycles. The van der Waals surface area contributed by atoms with E-state index in [-0.39, 0.29) is 30.7 Å². The summed E-state index contributed by atoms with van der Waals surface area (Å²) >= 11 is 0. The van der Waals surface area contributed by atoms with E-state index in [1.54, 1.807) is 12.1 Å². The van der Waals surface area contributed by atoms with E-state index in [0.717, 1.165) is 5.39 Å². The Balaban J connectivity index is 1.79. The van der Waals surface area contributed by atoms with Gasteiger partial charge in [-0.05, 0) is 26.8 Å². The number of nitrogens with zero attached hydrogens (tertiary/aromatic N) is 3. The monoisotopic (exact) mass is 345 g/mol.